The van der Waals surface area contributed by atoms with E-state index in [1.165, 1.54) is 11.1 Å². The number of rotatable bonds is 7. The van der Waals surface area contributed by atoms with Gasteiger partial charge in [-0.1, -0.05) is 43.3 Å². The van der Waals surface area contributed by atoms with Crippen LogP contribution in [0.1, 0.15) is 30.9 Å². The molecule has 2 heterocycles. The van der Waals surface area contributed by atoms with Crippen molar-refractivity contribution in [1.82, 2.24) is 15.1 Å². The van der Waals surface area contributed by atoms with Crippen molar-refractivity contribution in [1.29, 1.82) is 0 Å². The van der Waals surface area contributed by atoms with Crippen LogP contribution in [0, 0.1) is 5.41 Å². The summed E-state index contributed by atoms with van der Waals surface area (Å²) >= 11 is 0. The van der Waals surface area contributed by atoms with E-state index in [9.17, 15) is 4.79 Å². The number of benzene rings is 2. The fraction of sp³-hybridized carbons (Fsp3) is 0.440. The molecule has 2 aliphatic rings. The van der Waals surface area contributed by atoms with E-state index in [-0.39, 0.29) is 17.4 Å². The predicted molar refractivity (Wildman–Crippen MR) is 121 cm³/mol. The molecule has 6 heteroatoms. The Hall–Kier alpha value is -2.70. The van der Waals surface area contributed by atoms with E-state index >= 15 is 0 Å². The Morgan fingerprint density at radius 2 is 2.00 bits per heavy atom. The van der Waals surface area contributed by atoms with E-state index < -0.39 is 5.41 Å². The molecule has 162 valence electrons. The van der Waals surface area contributed by atoms with Gasteiger partial charge in [0.15, 0.2) is 0 Å². The van der Waals surface area contributed by atoms with Crippen LogP contribution in [0.5, 0.6) is 0 Å². The van der Waals surface area contributed by atoms with Crippen molar-refractivity contribution in [2.24, 2.45) is 11.1 Å². The van der Waals surface area contributed by atoms with Crippen molar-refractivity contribution in [3.8, 4) is 0 Å². The number of carbonyl (C=O) groups is 1. The van der Waals surface area contributed by atoms with Gasteiger partial charge >= 0.3 is 0 Å². The van der Waals surface area contributed by atoms with Crippen LogP contribution in [0.25, 0.3) is 10.9 Å². The number of primary amides is 1. The van der Waals surface area contributed by atoms with Gasteiger partial charge in [0.1, 0.15) is 0 Å². The molecule has 5 rings (SSSR count). The molecule has 0 radical (unpaired) electrons. The molecule has 0 spiro atoms. The van der Waals surface area contributed by atoms with Crippen LogP contribution < -0.4 is 5.73 Å². The molecule has 1 amide bonds. The third kappa shape index (κ3) is 3.54. The summed E-state index contributed by atoms with van der Waals surface area (Å²) in [6.45, 7) is 5.43. The van der Waals surface area contributed by atoms with Crippen LogP contribution in [0.2, 0.25) is 0 Å². The second kappa shape index (κ2) is 7.77. The molecule has 1 aliphatic heterocycles. The number of nitrogens with zero attached hydrogens (tertiary/aromatic N) is 2. The van der Waals surface area contributed by atoms with Gasteiger partial charge in [0.25, 0.3) is 0 Å². The second-order valence-corrected chi connectivity index (χ2v) is 9.32. The summed E-state index contributed by atoms with van der Waals surface area (Å²) in [4.78, 5) is 15.3. The number of hydrogen-bond donors (Lipinski definition) is 2. The standard InChI is InChI=1S/C25H30N4O2/c1-24(20-5-3-2-4-6-20)17-25(24,23(26)30)15-21(29-9-11-31-12-10-29)14-18-7-8-22-19(13-18)16-27-28-22/h2-8,13,16,21H,9-12,14-15,17H2,1H3,(H2,26,30)(H,27,28)/t21-,24?,25?/m0/s1. The zero-order valence-electron chi connectivity index (χ0n) is 18.0. The van der Waals surface area contributed by atoms with Crippen LogP contribution >= 0.6 is 0 Å². The molecule has 2 aromatic carbocycles. The topological polar surface area (TPSA) is 84.2 Å². The summed E-state index contributed by atoms with van der Waals surface area (Å²) in [6, 6.07) is 17.0. The Morgan fingerprint density at radius 1 is 1.23 bits per heavy atom. The number of carbonyl (C=O) groups excluding carboxylic acids is 1. The lowest BCUT2D eigenvalue weighted by Crippen LogP contribution is -2.47. The molecule has 0 bridgehead atoms. The molecule has 1 saturated carbocycles. The molecular formula is C25H30N4O2. The Kier molecular flexibility index (Phi) is 5.07. The Bertz CT molecular complexity index is 1080. The number of aromatic nitrogens is 2. The van der Waals surface area contributed by atoms with Crippen LogP contribution in [0.15, 0.2) is 54.7 Å². The number of amides is 1. The first kappa shape index (κ1) is 20.2. The number of H-pyrrole nitrogens is 1. The first-order valence-electron chi connectivity index (χ1n) is 11.1. The zero-order chi connectivity index (χ0) is 21.5. The number of aromatic amines is 1. The van der Waals surface area contributed by atoms with Crippen LogP contribution in [-0.4, -0.2) is 53.3 Å². The fourth-order valence-electron chi connectivity index (χ4n) is 5.57. The average molecular weight is 419 g/mol. The van der Waals surface area contributed by atoms with Crippen molar-refractivity contribution in [3.05, 3.63) is 65.9 Å². The Labute approximate surface area is 182 Å². The number of hydrogen-bond acceptors (Lipinski definition) is 4. The number of ether oxygens (including phenoxy) is 1. The maximum absolute atomic E-state index is 12.8. The molecule has 3 atom stereocenters. The van der Waals surface area contributed by atoms with Crippen LogP contribution in [-0.2, 0) is 21.4 Å². The van der Waals surface area contributed by atoms with E-state index in [0.29, 0.717) is 0 Å². The molecule has 2 unspecified atom stereocenters. The molecule has 1 aromatic heterocycles. The third-order valence-corrected chi connectivity index (χ3v) is 7.59. The maximum atomic E-state index is 12.8. The average Bonchev–Trinajstić information content (AvgIpc) is 3.16. The SMILES string of the molecule is CC1(c2ccccc2)CC1(C[C@H](Cc1ccc2[nH]ncc2c1)N1CCOCC1)C(N)=O. The molecule has 2 fully saturated rings. The summed E-state index contributed by atoms with van der Waals surface area (Å²) in [5, 5.41) is 8.28. The van der Waals surface area contributed by atoms with Gasteiger partial charge in [-0.15, -0.1) is 0 Å². The van der Waals surface area contributed by atoms with E-state index in [4.69, 9.17) is 10.5 Å². The van der Waals surface area contributed by atoms with Crippen LogP contribution in [0.3, 0.4) is 0 Å². The highest BCUT2D eigenvalue weighted by Crippen LogP contribution is 2.67. The lowest BCUT2D eigenvalue weighted by Gasteiger charge is -2.37. The lowest BCUT2D eigenvalue weighted by molar-refractivity contribution is -0.124. The van der Waals surface area contributed by atoms with Crippen molar-refractivity contribution < 1.29 is 9.53 Å². The summed E-state index contributed by atoms with van der Waals surface area (Å²) in [7, 11) is 0. The summed E-state index contributed by atoms with van der Waals surface area (Å²) < 4.78 is 5.61. The summed E-state index contributed by atoms with van der Waals surface area (Å²) in [6.07, 6.45) is 4.31. The van der Waals surface area contributed by atoms with Crippen molar-refractivity contribution in [2.45, 2.75) is 37.6 Å². The molecule has 1 aliphatic carbocycles. The molecule has 3 aromatic rings. The van der Waals surface area contributed by atoms with E-state index in [0.717, 1.165) is 56.5 Å². The predicted octanol–water partition coefficient (Wildman–Crippen LogP) is 3.03. The second-order valence-electron chi connectivity index (χ2n) is 9.32. The van der Waals surface area contributed by atoms with Crippen LogP contribution in [0.4, 0.5) is 0 Å². The van der Waals surface area contributed by atoms with Crippen molar-refractivity contribution >= 4 is 16.8 Å². The largest absolute Gasteiger partial charge is 0.379 e. The minimum Gasteiger partial charge on any atom is -0.379 e. The highest BCUT2D eigenvalue weighted by atomic mass is 16.5. The number of morpholine rings is 1. The zero-order valence-corrected chi connectivity index (χ0v) is 18.0. The number of nitrogens with two attached hydrogens (primary N) is 1. The lowest BCUT2D eigenvalue weighted by atomic mass is 9.81. The normalized spacial score (nSPS) is 27.3. The Morgan fingerprint density at radius 3 is 2.74 bits per heavy atom. The number of fused-ring (bicyclic) bond motifs is 1. The molecule has 1 saturated heterocycles. The third-order valence-electron chi connectivity index (χ3n) is 7.59. The summed E-state index contributed by atoms with van der Waals surface area (Å²) in [5.74, 6) is -0.178. The monoisotopic (exact) mass is 418 g/mol. The van der Waals surface area contributed by atoms with Gasteiger partial charge < -0.3 is 10.5 Å². The van der Waals surface area contributed by atoms with Gasteiger partial charge in [0.05, 0.1) is 30.3 Å². The van der Waals surface area contributed by atoms with Crippen molar-refractivity contribution in [2.75, 3.05) is 26.3 Å². The molecular weight excluding hydrogens is 388 g/mol. The van der Waals surface area contributed by atoms with E-state index in [2.05, 4.69) is 52.4 Å². The van der Waals surface area contributed by atoms with Gasteiger partial charge in [0.2, 0.25) is 5.91 Å². The van der Waals surface area contributed by atoms with Gasteiger partial charge in [-0.25, -0.2) is 0 Å². The van der Waals surface area contributed by atoms with E-state index in [1.54, 1.807) is 0 Å². The van der Waals surface area contributed by atoms with Gasteiger partial charge in [-0.3, -0.25) is 14.8 Å². The van der Waals surface area contributed by atoms with Gasteiger partial charge in [-0.05, 0) is 42.5 Å². The van der Waals surface area contributed by atoms with Gasteiger partial charge in [-0.2, -0.15) is 5.10 Å². The minimum absolute atomic E-state index is 0.178. The fourth-order valence-corrected chi connectivity index (χ4v) is 5.57. The molecule has 6 nitrogen and oxygen atoms in total. The summed E-state index contributed by atoms with van der Waals surface area (Å²) in [5.41, 5.74) is 8.86. The number of nitrogens with one attached hydrogen (secondary N) is 1. The highest BCUT2D eigenvalue weighted by molar-refractivity contribution is 5.87. The minimum atomic E-state index is -0.517. The smallest absolute Gasteiger partial charge is 0.224 e. The quantitative estimate of drug-likeness (QED) is 0.618. The Balaban J connectivity index is 1.45. The first-order valence-corrected chi connectivity index (χ1v) is 11.1. The highest BCUT2D eigenvalue weighted by Gasteiger charge is 2.69. The van der Waals surface area contributed by atoms with Crippen molar-refractivity contribution in [3.63, 3.8) is 0 Å². The van der Waals surface area contributed by atoms with Gasteiger partial charge in [0, 0.05) is 29.9 Å². The molecule has 3 N–H and O–H groups in total. The molecule has 31 heavy (non-hydrogen) atoms. The first-order chi connectivity index (χ1) is 15.0. The van der Waals surface area contributed by atoms with E-state index in [1.807, 2.05) is 24.4 Å². The maximum Gasteiger partial charge on any atom is 0.224 e.